The van der Waals surface area contributed by atoms with Crippen molar-refractivity contribution < 1.29 is 14.0 Å². The maximum Gasteiger partial charge on any atom is 0.252 e. The number of hydrogen-bond acceptors (Lipinski definition) is 2. The van der Waals surface area contributed by atoms with Gasteiger partial charge in [0.25, 0.3) is 5.91 Å². The molecule has 2 aromatic carbocycles. The Morgan fingerprint density at radius 1 is 1.17 bits per heavy atom. The SMILES string of the molecule is CCNC(=O)c1cc(NC(=O)[C@H]2[C@H](c3ccc(F)c(Cl)c3)C2(Cl)Cl)cc(C)c1Cl. The summed E-state index contributed by atoms with van der Waals surface area (Å²) >= 11 is 24.7. The zero-order chi connectivity index (χ0) is 21.5. The van der Waals surface area contributed by atoms with E-state index in [1.54, 1.807) is 19.9 Å². The molecule has 154 valence electrons. The van der Waals surface area contributed by atoms with Crippen LogP contribution < -0.4 is 10.6 Å². The minimum absolute atomic E-state index is 0.0717. The number of halogens is 5. The van der Waals surface area contributed by atoms with E-state index < -0.39 is 27.9 Å². The number of carbonyl (C=O) groups excluding carboxylic acids is 2. The van der Waals surface area contributed by atoms with Crippen molar-refractivity contribution in [2.75, 3.05) is 11.9 Å². The zero-order valence-corrected chi connectivity index (χ0v) is 18.5. The molecule has 9 heteroatoms. The Bertz CT molecular complexity index is 997. The number of aryl methyl sites for hydroxylation is 1. The summed E-state index contributed by atoms with van der Waals surface area (Å²) in [7, 11) is 0. The second-order valence-electron chi connectivity index (χ2n) is 6.81. The lowest BCUT2D eigenvalue weighted by Gasteiger charge is -2.12. The smallest absolute Gasteiger partial charge is 0.252 e. The lowest BCUT2D eigenvalue weighted by molar-refractivity contribution is -0.117. The highest BCUT2D eigenvalue weighted by molar-refractivity contribution is 6.53. The van der Waals surface area contributed by atoms with Crippen LogP contribution in [0.2, 0.25) is 10.0 Å². The van der Waals surface area contributed by atoms with Crippen molar-refractivity contribution in [1.29, 1.82) is 0 Å². The minimum Gasteiger partial charge on any atom is -0.352 e. The Morgan fingerprint density at radius 3 is 2.48 bits per heavy atom. The van der Waals surface area contributed by atoms with E-state index in [1.165, 1.54) is 24.3 Å². The first-order valence-electron chi connectivity index (χ1n) is 8.79. The van der Waals surface area contributed by atoms with E-state index in [9.17, 15) is 14.0 Å². The van der Waals surface area contributed by atoms with Gasteiger partial charge in [-0.1, -0.05) is 29.3 Å². The largest absolute Gasteiger partial charge is 0.352 e. The van der Waals surface area contributed by atoms with E-state index in [-0.39, 0.29) is 16.5 Å². The van der Waals surface area contributed by atoms with Gasteiger partial charge < -0.3 is 10.6 Å². The Morgan fingerprint density at radius 2 is 1.86 bits per heavy atom. The van der Waals surface area contributed by atoms with Crippen LogP contribution >= 0.6 is 46.4 Å². The van der Waals surface area contributed by atoms with Crippen molar-refractivity contribution >= 4 is 63.9 Å². The molecular formula is C20H17Cl4FN2O2. The molecule has 0 bridgehead atoms. The normalized spacial score (nSPS) is 19.6. The van der Waals surface area contributed by atoms with Crippen LogP contribution in [0.3, 0.4) is 0 Å². The van der Waals surface area contributed by atoms with Crippen LogP contribution in [-0.2, 0) is 4.79 Å². The van der Waals surface area contributed by atoms with Gasteiger partial charge in [0.15, 0.2) is 0 Å². The molecule has 0 unspecified atom stereocenters. The van der Waals surface area contributed by atoms with E-state index >= 15 is 0 Å². The highest BCUT2D eigenvalue weighted by Gasteiger charge is 2.67. The Hall–Kier alpha value is -1.53. The molecule has 2 N–H and O–H groups in total. The van der Waals surface area contributed by atoms with Crippen molar-refractivity contribution in [2.45, 2.75) is 24.1 Å². The van der Waals surface area contributed by atoms with Gasteiger partial charge in [-0.15, -0.1) is 23.2 Å². The topological polar surface area (TPSA) is 58.2 Å². The summed E-state index contributed by atoms with van der Waals surface area (Å²) < 4.78 is 12.1. The molecule has 2 atom stereocenters. The van der Waals surface area contributed by atoms with Gasteiger partial charge in [-0.05, 0) is 49.2 Å². The van der Waals surface area contributed by atoms with Crippen LogP contribution in [0.15, 0.2) is 30.3 Å². The van der Waals surface area contributed by atoms with Crippen LogP contribution in [0.25, 0.3) is 0 Å². The standard InChI is InChI=1S/C20H17Cl4FN2O2/c1-3-26-18(28)12-8-11(6-9(2)17(12)22)27-19(29)16-15(20(16,23)24)10-4-5-14(25)13(21)7-10/h4-8,15-16H,3H2,1-2H3,(H,26,28)(H,27,29)/t15-,16+/m0/s1. The molecule has 29 heavy (non-hydrogen) atoms. The predicted octanol–water partition coefficient (Wildman–Crippen LogP) is 5.72. The van der Waals surface area contributed by atoms with Gasteiger partial charge >= 0.3 is 0 Å². The molecule has 1 aliphatic rings. The van der Waals surface area contributed by atoms with E-state index in [0.717, 1.165) is 0 Å². The van der Waals surface area contributed by atoms with Crippen molar-refractivity contribution in [3.8, 4) is 0 Å². The van der Waals surface area contributed by atoms with Gasteiger partial charge in [-0.3, -0.25) is 9.59 Å². The number of benzene rings is 2. The third kappa shape index (κ3) is 4.33. The first kappa shape index (κ1) is 22.2. The number of anilines is 1. The highest BCUT2D eigenvalue weighted by Crippen LogP contribution is 2.65. The molecule has 0 saturated heterocycles. The number of amides is 2. The molecule has 0 aliphatic heterocycles. The number of alkyl halides is 2. The molecule has 1 aliphatic carbocycles. The maximum absolute atomic E-state index is 13.4. The Kier molecular flexibility index (Phi) is 6.35. The van der Waals surface area contributed by atoms with Gasteiger partial charge in [-0.2, -0.15) is 0 Å². The fourth-order valence-corrected chi connectivity index (χ4v) is 4.47. The first-order valence-corrected chi connectivity index (χ1v) is 10.3. The van der Waals surface area contributed by atoms with E-state index in [4.69, 9.17) is 46.4 Å². The van der Waals surface area contributed by atoms with Gasteiger partial charge in [0.2, 0.25) is 5.91 Å². The van der Waals surface area contributed by atoms with Gasteiger partial charge in [0.05, 0.1) is 21.5 Å². The van der Waals surface area contributed by atoms with Crippen LogP contribution in [0.1, 0.15) is 34.3 Å². The monoisotopic (exact) mass is 476 g/mol. The van der Waals surface area contributed by atoms with Gasteiger partial charge in [0.1, 0.15) is 10.2 Å². The zero-order valence-electron chi connectivity index (χ0n) is 15.5. The minimum atomic E-state index is -1.35. The quantitative estimate of drug-likeness (QED) is 0.541. The average Bonchev–Trinajstić information content (AvgIpc) is 3.22. The molecule has 0 aromatic heterocycles. The molecule has 0 spiro atoms. The van der Waals surface area contributed by atoms with Crippen LogP contribution in [0, 0.1) is 18.7 Å². The van der Waals surface area contributed by atoms with Crippen molar-refractivity contribution in [3.63, 3.8) is 0 Å². The Balaban J connectivity index is 1.83. The van der Waals surface area contributed by atoms with Crippen LogP contribution in [-0.4, -0.2) is 22.7 Å². The number of rotatable bonds is 5. The molecular weight excluding hydrogens is 461 g/mol. The number of nitrogens with one attached hydrogen (secondary N) is 2. The summed E-state index contributed by atoms with van der Waals surface area (Å²) in [6, 6.07) is 7.26. The lowest BCUT2D eigenvalue weighted by Crippen LogP contribution is -2.24. The summed E-state index contributed by atoms with van der Waals surface area (Å²) in [6.07, 6.45) is 0. The molecule has 1 saturated carbocycles. The molecule has 4 nitrogen and oxygen atoms in total. The predicted molar refractivity (Wildman–Crippen MR) is 115 cm³/mol. The summed E-state index contributed by atoms with van der Waals surface area (Å²) in [5, 5.41) is 5.65. The third-order valence-corrected chi connectivity index (χ3v) is 6.47. The van der Waals surface area contributed by atoms with Crippen molar-refractivity contribution in [2.24, 2.45) is 5.92 Å². The molecule has 1 fully saturated rings. The molecule has 2 amide bonds. The fourth-order valence-electron chi connectivity index (χ4n) is 3.26. The average molecular weight is 478 g/mol. The molecule has 0 radical (unpaired) electrons. The number of carbonyl (C=O) groups is 2. The van der Waals surface area contributed by atoms with Crippen LogP contribution in [0.4, 0.5) is 10.1 Å². The van der Waals surface area contributed by atoms with Gasteiger partial charge in [-0.25, -0.2) is 4.39 Å². The summed E-state index contributed by atoms with van der Waals surface area (Å²) in [6.45, 7) is 3.96. The molecule has 2 aromatic rings. The summed E-state index contributed by atoms with van der Waals surface area (Å²) in [4.78, 5) is 25.0. The number of hydrogen-bond donors (Lipinski definition) is 2. The van der Waals surface area contributed by atoms with Crippen molar-refractivity contribution in [3.05, 3.63) is 62.9 Å². The highest BCUT2D eigenvalue weighted by atomic mass is 35.5. The maximum atomic E-state index is 13.4. The molecule has 3 rings (SSSR count). The summed E-state index contributed by atoms with van der Waals surface area (Å²) in [5.41, 5.74) is 1.85. The second-order valence-corrected chi connectivity index (χ2v) is 9.04. The summed E-state index contributed by atoms with van der Waals surface area (Å²) in [5.74, 6) is -2.65. The van der Waals surface area contributed by atoms with E-state index in [2.05, 4.69) is 10.6 Å². The van der Waals surface area contributed by atoms with E-state index in [1.807, 2.05) is 0 Å². The van der Waals surface area contributed by atoms with Crippen molar-refractivity contribution in [1.82, 2.24) is 5.32 Å². The van der Waals surface area contributed by atoms with Crippen LogP contribution in [0.5, 0.6) is 0 Å². The van der Waals surface area contributed by atoms with E-state index in [0.29, 0.717) is 28.4 Å². The third-order valence-electron chi connectivity index (χ3n) is 4.74. The first-order chi connectivity index (χ1) is 13.6. The fraction of sp³-hybridized carbons (Fsp3) is 0.300. The Labute approximate surface area is 187 Å². The second kappa shape index (κ2) is 8.31. The molecule has 0 heterocycles. The lowest BCUT2D eigenvalue weighted by atomic mass is 10.1. The van der Waals surface area contributed by atoms with Gasteiger partial charge in [0, 0.05) is 18.2 Å².